The monoisotopic (exact) mass is 461 g/mol. The first-order valence-corrected chi connectivity index (χ1v) is 11.8. The minimum Gasteiger partial charge on any atom is -0.491 e. The molecule has 2 aromatic rings. The van der Waals surface area contributed by atoms with Gasteiger partial charge in [0.15, 0.2) is 5.78 Å². The van der Waals surface area contributed by atoms with Crippen LogP contribution < -0.4 is 14.8 Å². The van der Waals surface area contributed by atoms with Crippen LogP contribution in [0.3, 0.4) is 0 Å². The number of hydrogen-bond donors (Lipinski definition) is 1. The minimum absolute atomic E-state index is 0.0472. The van der Waals surface area contributed by atoms with Crippen molar-refractivity contribution < 1.29 is 23.8 Å². The van der Waals surface area contributed by atoms with E-state index in [1.807, 2.05) is 75.4 Å². The molecule has 1 aliphatic heterocycles. The third-order valence-corrected chi connectivity index (χ3v) is 5.92. The zero-order valence-electron chi connectivity index (χ0n) is 19.9. The molecule has 2 aromatic carbocycles. The molecule has 0 spiro atoms. The summed E-state index contributed by atoms with van der Waals surface area (Å²) in [5.41, 5.74) is 3.47. The molecule has 0 aromatic heterocycles. The predicted octanol–water partition coefficient (Wildman–Crippen LogP) is 5.06. The van der Waals surface area contributed by atoms with Gasteiger partial charge in [-0.25, -0.2) is 4.79 Å². The molecule has 34 heavy (non-hydrogen) atoms. The maximum Gasteiger partial charge on any atom is 0.336 e. The van der Waals surface area contributed by atoms with Gasteiger partial charge in [0.05, 0.1) is 17.6 Å². The average Bonchev–Trinajstić information content (AvgIpc) is 2.82. The quantitative estimate of drug-likeness (QED) is 0.437. The molecule has 1 aliphatic carbocycles. The van der Waals surface area contributed by atoms with Crippen molar-refractivity contribution >= 4 is 11.8 Å². The molecule has 2 aliphatic rings. The fraction of sp³-hybridized carbons (Fsp3) is 0.357. The minimum atomic E-state index is -0.540. The molecule has 0 unspecified atom stereocenters. The Labute approximate surface area is 200 Å². The number of allylic oxidation sites excluding steroid dienone is 3. The van der Waals surface area contributed by atoms with Crippen LogP contribution in [0.5, 0.6) is 11.5 Å². The molecular formula is C28H31NO5. The van der Waals surface area contributed by atoms with Gasteiger partial charge in [0.2, 0.25) is 0 Å². The van der Waals surface area contributed by atoms with E-state index < -0.39 is 11.9 Å². The second-order valence-electron chi connectivity index (χ2n) is 8.77. The Hall–Kier alpha value is -3.54. The van der Waals surface area contributed by atoms with Gasteiger partial charge >= 0.3 is 5.97 Å². The van der Waals surface area contributed by atoms with Crippen LogP contribution in [0.2, 0.25) is 0 Å². The number of ketones is 1. The highest BCUT2D eigenvalue weighted by Crippen LogP contribution is 2.45. The van der Waals surface area contributed by atoms with E-state index in [-0.39, 0.29) is 25.1 Å². The van der Waals surface area contributed by atoms with Gasteiger partial charge in [0.1, 0.15) is 24.7 Å². The van der Waals surface area contributed by atoms with Gasteiger partial charge in [-0.2, -0.15) is 0 Å². The molecule has 0 amide bonds. The lowest BCUT2D eigenvalue weighted by molar-refractivity contribution is -0.140. The third kappa shape index (κ3) is 5.16. The van der Waals surface area contributed by atoms with Gasteiger partial charge < -0.3 is 19.5 Å². The number of carbonyl (C=O) groups excluding carboxylic acids is 2. The van der Waals surface area contributed by atoms with Crippen molar-refractivity contribution in [3.8, 4) is 11.5 Å². The molecule has 1 N–H and O–H groups in total. The third-order valence-electron chi connectivity index (χ3n) is 5.92. The number of Topliss-reactive ketones (excluding diaryl/α,β-unsaturated/α-hetero) is 1. The lowest BCUT2D eigenvalue weighted by Crippen LogP contribution is -2.35. The number of para-hydroxylation sites is 2. The van der Waals surface area contributed by atoms with E-state index in [9.17, 15) is 9.59 Å². The number of rotatable bonds is 8. The molecule has 0 radical (unpaired) electrons. The van der Waals surface area contributed by atoms with Crippen LogP contribution in [0.25, 0.3) is 0 Å². The zero-order chi connectivity index (χ0) is 24.1. The lowest BCUT2D eigenvalue weighted by Gasteiger charge is -2.35. The smallest absolute Gasteiger partial charge is 0.336 e. The summed E-state index contributed by atoms with van der Waals surface area (Å²) < 4.78 is 17.4. The van der Waals surface area contributed by atoms with Gasteiger partial charge in [-0.15, -0.1) is 0 Å². The molecule has 1 heterocycles. The average molecular weight is 462 g/mol. The van der Waals surface area contributed by atoms with Gasteiger partial charge in [-0.3, -0.25) is 4.79 Å². The summed E-state index contributed by atoms with van der Waals surface area (Å²) >= 11 is 0. The van der Waals surface area contributed by atoms with E-state index in [2.05, 4.69) is 5.32 Å². The molecule has 178 valence electrons. The van der Waals surface area contributed by atoms with Crippen molar-refractivity contribution in [2.75, 3.05) is 13.2 Å². The molecule has 0 fully saturated rings. The number of benzene rings is 2. The van der Waals surface area contributed by atoms with Crippen molar-refractivity contribution in [3.05, 3.63) is 82.7 Å². The van der Waals surface area contributed by atoms with Crippen LogP contribution in [0, 0.1) is 0 Å². The summed E-state index contributed by atoms with van der Waals surface area (Å²) in [5.74, 6) is 0.439. The van der Waals surface area contributed by atoms with Gasteiger partial charge in [0, 0.05) is 29.0 Å². The van der Waals surface area contributed by atoms with Gasteiger partial charge in [-0.05, 0) is 51.8 Å². The van der Waals surface area contributed by atoms with Crippen molar-refractivity contribution in [1.29, 1.82) is 0 Å². The number of carbonyl (C=O) groups is 2. The molecule has 6 nitrogen and oxygen atoms in total. The van der Waals surface area contributed by atoms with E-state index in [0.717, 1.165) is 24.1 Å². The Kier molecular flexibility index (Phi) is 7.36. The summed E-state index contributed by atoms with van der Waals surface area (Å²) in [6.07, 6.45) is 1.99. The van der Waals surface area contributed by atoms with E-state index in [1.165, 1.54) is 0 Å². The zero-order valence-corrected chi connectivity index (χ0v) is 19.9. The topological polar surface area (TPSA) is 73.9 Å². The summed E-state index contributed by atoms with van der Waals surface area (Å²) in [4.78, 5) is 26.5. The SMILES string of the molecule is CC1=C(C(=O)OCCOc2ccccc2)[C@@H](c2ccccc2OC(C)C)C2=C(CCCC2=O)N1. The first kappa shape index (κ1) is 23.6. The molecule has 6 heteroatoms. The number of nitrogens with one attached hydrogen (secondary N) is 1. The van der Waals surface area contributed by atoms with Gasteiger partial charge in [0.25, 0.3) is 0 Å². The van der Waals surface area contributed by atoms with Crippen molar-refractivity contribution in [3.63, 3.8) is 0 Å². The lowest BCUT2D eigenvalue weighted by atomic mass is 9.75. The second-order valence-corrected chi connectivity index (χ2v) is 8.77. The van der Waals surface area contributed by atoms with Gasteiger partial charge in [-0.1, -0.05) is 36.4 Å². The molecule has 1 atom stereocenters. The molecule has 0 bridgehead atoms. The molecule has 0 saturated carbocycles. The van der Waals surface area contributed by atoms with Crippen LogP contribution in [0.4, 0.5) is 0 Å². The van der Waals surface area contributed by atoms with Crippen molar-refractivity contribution in [1.82, 2.24) is 5.32 Å². The van der Waals surface area contributed by atoms with E-state index in [4.69, 9.17) is 14.2 Å². The highest BCUT2D eigenvalue weighted by atomic mass is 16.6. The highest BCUT2D eigenvalue weighted by molar-refractivity contribution is 6.04. The summed E-state index contributed by atoms with van der Waals surface area (Å²) in [7, 11) is 0. The van der Waals surface area contributed by atoms with E-state index in [0.29, 0.717) is 34.8 Å². The number of dihydropyridines is 1. The predicted molar refractivity (Wildman–Crippen MR) is 130 cm³/mol. The first-order valence-electron chi connectivity index (χ1n) is 11.8. The summed E-state index contributed by atoms with van der Waals surface area (Å²) in [6, 6.07) is 17.0. The number of hydrogen-bond acceptors (Lipinski definition) is 6. The Morgan fingerprint density at radius 1 is 1.03 bits per heavy atom. The summed E-state index contributed by atoms with van der Waals surface area (Å²) in [5, 5.41) is 3.32. The highest BCUT2D eigenvalue weighted by Gasteiger charge is 2.40. The first-order chi connectivity index (χ1) is 16.5. The van der Waals surface area contributed by atoms with E-state index in [1.54, 1.807) is 0 Å². The Bertz CT molecular complexity index is 1120. The number of ether oxygens (including phenoxy) is 3. The van der Waals surface area contributed by atoms with Crippen LogP contribution in [-0.2, 0) is 14.3 Å². The Balaban J connectivity index is 1.62. The van der Waals surface area contributed by atoms with Crippen LogP contribution >= 0.6 is 0 Å². The molecule has 0 saturated heterocycles. The Morgan fingerprint density at radius 3 is 2.53 bits per heavy atom. The molecule has 4 rings (SSSR count). The van der Waals surface area contributed by atoms with Crippen molar-refractivity contribution in [2.45, 2.75) is 52.1 Å². The van der Waals surface area contributed by atoms with Crippen LogP contribution in [0.1, 0.15) is 51.5 Å². The van der Waals surface area contributed by atoms with Crippen LogP contribution in [0.15, 0.2) is 77.1 Å². The van der Waals surface area contributed by atoms with Crippen LogP contribution in [-0.4, -0.2) is 31.1 Å². The Morgan fingerprint density at radius 2 is 1.76 bits per heavy atom. The molecular weight excluding hydrogens is 430 g/mol. The maximum absolute atomic E-state index is 13.4. The standard InChI is InChI=1S/C28H31NO5/c1-18(2)34-24-15-8-7-12-21(24)26-25(19(3)29-22-13-9-14-23(30)27(22)26)28(31)33-17-16-32-20-10-5-4-6-11-20/h4-8,10-12,15,18,26,29H,9,13-14,16-17H2,1-3H3/t26-/m1/s1. The fourth-order valence-electron chi connectivity index (χ4n) is 4.53. The fourth-order valence-corrected chi connectivity index (χ4v) is 4.53. The largest absolute Gasteiger partial charge is 0.491 e. The van der Waals surface area contributed by atoms with Crippen molar-refractivity contribution in [2.24, 2.45) is 0 Å². The maximum atomic E-state index is 13.4. The normalized spacial score (nSPS) is 17.9. The number of esters is 1. The van der Waals surface area contributed by atoms with E-state index >= 15 is 0 Å². The second kappa shape index (κ2) is 10.6. The summed E-state index contributed by atoms with van der Waals surface area (Å²) in [6.45, 7) is 6.11.